The van der Waals surface area contributed by atoms with Crippen LogP contribution < -0.4 is 0 Å². The van der Waals surface area contributed by atoms with Crippen molar-refractivity contribution in [1.82, 2.24) is 0 Å². The Morgan fingerprint density at radius 3 is 1.83 bits per heavy atom. The second-order valence-corrected chi connectivity index (χ2v) is 3.35. The van der Waals surface area contributed by atoms with Crippen LogP contribution in [0.2, 0.25) is 0 Å². The molecule has 2 nitrogen and oxygen atoms in total. The fourth-order valence-corrected chi connectivity index (χ4v) is 0.808. The zero-order valence-electron chi connectivity index (χ0n) is 8.93. The average molecular weight is 169 g/mol. The third kappa shape index (κ3) is 3.67. The predicted molar refractivity (Wildman–Crippen MR) is 53.6 cm³/mol. The molecule has 1 atom stereocenters. The zero-order valence-corrected chi connectivity index (χ0v) is 8.93. The van der Waals surface area contributed by atoms with Crippen LogP contribution in [0.25, 0.3) is 0 Å². The Balaban J connectivity index is 4.58. The highest BCUT2D eigenvalue weighted by Gasteiger charge is 2.07. The Morgan fingerprint density at radius 1 is 1.08 bits per heavy atom. The predicted octanol–water partition coefficient (Wildman–Crippen LogP) is 2.80. The van der Waals surface area contributed by atoms with Crippen molar-refractivity contribution >= 4 is 5.71 Å². The van der Waals surface area contributed by atoms with Crippen LogP contribution in [-0.4, -0.2) is 19.0 Å². The first-order valence-electron chi connectivity index (χ1n) is 4.16. The number of hydrogen-bond acceptors (Lipinski definition) is 2. The number of hydrogen-bond donors (Lipinski definition) is 0. The van der Waals surface area contributed by atoms with Gasteiger partial charge in [0, 0.05) is 12.8 Å². The van der Waals surface area contributed by atoms with Gasteiger partial charge in [0.05, 0.1) is 0 Å². The van der Waals surface area contributed by atoms with Crippen LogP contribution in [-0.2, 0) is 4.74 Å². The minimum absolute atomic E-state index is 0.0972. The minimum atomic E-state index is -0.0972. The van der Waals surface area contributed by atoms with E-state index in [0.717, 1.165) is 5.71 Å². The highest BCUT2D eigenvalue weighted by Crippen LogP contribution is 2.11. The lowest BCUT2D eigenvalue weighted by atomic mass is 10.1. The van der Waals surface area contributed by atoms with E-state index in [2.05, 4.69) is 25.8 Å². The zero-order chi connectivity index (χ0) is 9.72. The number of methoxy groups -OCH3 is 1. The van der Waals surface area contributed by atoms with E-state index < -0.39 is 0 Å². The molecule has 2 heteroatoms. The van der Waals surface area contributed by atoms with Gasteiger partial charge in [-0.3, -0.25) is 4.99 Å². The molecule has 0 aromatic heterocycles. The van der Waals surface area contributed by atoms with Crippen molar-refractivity contribution in [3.05, 3.63) is 11.1 Å². The van der Waals surface area contributed by atoms with Crippen molar-refractivity contribution in [1.29, 1.82) is 0 Å². The van der Waals surface area contributed by atoms with Gasteiger partial charge in [0.25, 0.3) is 0 Å². The molecule has 0 N–H and O–H groups in total. The quantitative estimate of drug-likeness (QED) is 0.470. The summed E-state index contributed by atoms with van der Waals surface area (Å²) in [5, 5.41) is 0. The summed E-state index contributed by atoms with van der Waals surface area (Å²) in [6.07, 6.45) is -0.0972. The van der Waals surface area contributed by atoms with E-state index in [9.17, 15) is 0 Å². The molecule has 0 radical (unpaired) electrons. The topological polar surface area (TPSA) is 21.6 Å². The lowest BCUT2D eigenvalue weighted by molar-refractivity contribution is 0.138. The van der Waals surface area contributed by atoms with Gasteiger partial charge in [0.1, 0.15) is 0 Å². The van der Waals surface area contributed by atoms with E-state index in [-0.39, 0.29) is 6.23 Å². The molecule has 0 unspecified atom stereocenters. The summed E-state index contributed by atoms with van der Waals surface area (Å²) in [5.74, 6) is 0. The molecule has 70 valence electrons. The summed E-state index contributed by atoms with van der Waals surface area (Å²) in [6, 6.07) is 0. The van der Waals surface area contributed by atoms with Crippen molar-refractivity contribution in [3.63, 3.8) is 0 Å². The number of ether oxygens (including phenoxy) is 1. The molecule has 0 spiro atoms. The molecule has 0 amide bonds. The van der Waals surface area contributed by atoms with Gasteiger partial charge in [-0.2, -0.15) is 0 Å². The molecule has 0 aromatic rings. The molecule has 0 aliphatic carbocycles. The molecular weight excluding hydrogens is 150 g/mol. The van der Waals surface area contributed by atoms with E-state index >= 15 is 0 Å². The van der Waals surface area contributed by atoms with Crippen LogP contribution in [0.5, 0.6) is 0 Å². The van der Waals surface area contributed by atoms with Crippen molar-refractivity contribution in [2.24, 2.45) is 4.99 Å². The first-order valence-corrected chi connectivity index (χ1v) is 4.16. The Hall–Kier alpha value is -0.630. The molecule has 0 saturated heterocycles. The fraction of sp³-hybridized carbons (Fsp3) is 0.700. The van der Waals surface area contributed by atoms with Crippen molar-refractivity contribution in [3.8, 4) is 0 Å². The highest BCUT2D eigenvalue weighted by atomic mass is 16.5. The van der Waals surface area contributed by atoms with Gasteiger partial charge >= 0.3 is 0 Å². The van der Waals surface area contributed by atoms with Crippen molar-refractivity contribution in [2.75, 3.05) is 7.11 Å². The van der Waals surface area contributed by atoms with Gasteiger partial charge < -0.3 is 4.74 Å². The lowest BCUT2D eigenvalue weighted by Gasteiger charge is -2.13. The molecular formula is C10H19NO. The Morgan fingerprint density at radius 2 is 1.58 bits per heavy atom. The molecule has 12 heavy (non-hydrogen) atoms. The van der Waals surface area contributed by atoms with E-state index in [1.807, 2.05) is 13.8 Å². The number of rotatable bonds is 3. The first kappa shape index (κ1) is 11.4. The summed E-state index contributed by atoms with van der Waals surface area (Å²) in [7, 11) is 1.68. The van der Waals surface area contributed by atoms with Crippen molar-refractivity contribution in [2.45, 2.75) is 40.8 Å². The third-order valence-electron chi connectivity index (χ3n) is 1.76. The van der Waals surface area contributed by atoms with Crippen LogP contribution in [0.1, 0.15) is 34.6 Å². The average Bonchev–Trinajstić information content (AvgIpc) is 1.98. The Kier molecular flexibility index (Phi) is 4.83. The maximum atomic E-state index is 5.24. The monoisotopic (exact) mass is 169 g/mol. The summed E-state index contributed by atoms with van der Waals surface area (Å²) >= 11 is 0. The summed E-state index contributed by atoms with van der Waals surface area (Å²) < 4.78 is 5.24. The molecule has 0 heterocycles. The first-order chi connectivity index (χ1) is 5.49. The second kappa shape index (κ2) is 5.09. The van der Waals surface area contributed by atoms with Gasteiger partial charge in [-0.1, -0.05) is 5.57 Å². The maximum absolute atomic E-state index is 5.24. The number of allylic oxidation sites excluding steroid dienone is 1. The van der Waals surface area contributed by atoms with Gasteiger partial charge in [-0.05, 0) is 40.2 Å². The molecule has 0 bridgehead atoms. The minimum Gasteiger partial charge on any atom is -0.356 e. The van der Waals surface area contributed by atoms with Crippen LogP contribution in [0, 0.1) is 0 Å². The number of nitrogens with zero attached hydrogens (tertiary/aromatic N) is 1. The van der Waals surface area contributed by atoms with Gasteiger partial charge in [-0.15, -0.1) is 0 Å². The van der Waals surface area contributed by atoms with E-state index in [4.69, 9.17) is 4.74 Å². The van der Waals surface area contributed by atoms with Crippen LogP contribution >= 0.6 is 0 Å². The highest BCUT2D eigenvalue weighted by molar-refractivity contribution is 5.79. The van der Waals surface area contributed by atoms with Gasteiger partial charge in [0.2, 0.25) is 0 Å². The van der Waals surface area contributed by atoms with Crippen LogP contribution in [0.15, 0.2) is 16.1 Å². The maximum Gasteiger partial charge on any atom is 0.169 e. The summed E-state index contributed by atoms with van der Waals surface area (Å²) in [5.41, 5.74) is 3.51. The smallest absolute Gasteiger partial charge is 0.169 e. The van der Waals surface area contributed by atoms with E-state index in [0.29, 0.717) is 0 Å². The summed E-state index contributed by atoms with van der Waals surface area (Å²) in [6.45, 7) is 10.1. The van der Waals surface area contributed by atoms with Crippen LogP contribution in [0.4, 0.5) is 0 Å². The largest absolute Gasteiger partial charge is 0.356 e. The number of aliphatic imine (C=N–C) groups is 1. The Labute approximate surface area is 75.3 Å². The van der Waals surface area contributed by atoms with E-state index in [1.54, 1.807) is 7.11 Å². The third-order valence-corrected chi connectivity index (χ3v) is 1.76. The molecule has 0 aliphatic rings. The van der Waals surface area contributed by atoms with Gasteiger partial charge in [0.15, 0.2) is 6.23 Å². The van der Waals surface area contributed by atoms with E-state index in [1.165, 1.54) is 11.1 Å². The molecule has 0 saturated carbocycles. The SMILES string of the molecule is CO[C@@H](N=C(C)C)C(C)=C(C)C. The normalized spacial score (nSPS) is 12.2. The summed E-state index contributed by atoms with van der Waals surface area (Å²) in [4.78, 5) is 4.35. The molecule has 0 rings (SSSR count). The molecule has 0 aliphatic heterocycles. The van der Waals surface area contributed by atoms with Gasteiger partial charge in [-0.25, -0.2) is 0 Å². The molecule has 0 aromatic carbocycles. The standard InChI is InChI=1S/C10H19NO/c1-7(2)9(5)10(12-6)11-8(3)4/h10H,1-6H3/t10-/m1/s1. The second-order valence-electron chi connectivity index (χ2n) is 3.35. The van der Waals surface area contributed by atoms with Crippen molar-refractivity contribution < 1.29 is 4.74 Å². The van der Waals surface area contributed by atoms with Crippen LogP contribution in [0.3, 0.4) is 0 Å². The lowest BCUT2D eigenvalue weighted by Crippen LogP contribution is -2.11. The Bertz CT molecular complexity index is 196. The fourth-order valence-electron chi connectivity index (χ4n) is 0.808. The molecule has 0 fully saturated rings.